The van der Waals surface area contributed by atoms with Crippen molar-refractivity contribution < 1.29 is 9.47 Å². The highest BCUT2D eigenvalue weighted by molar-refractivity contribution is 5.78. The molecule has 7 nitrogen and oxygen atoms in total. The lowest BCUT2D eigenvalue weighted by atomic mass is 10.0. The van der Waals surface area contributed by atoms with Crippen molar-refractivity contribution in [3.05, 3.63) is 42.2 Å². The molecule has 0 saturated carbocycles. The normalized spacial score (nSPS) is 13.1. The van der Waals surface area contributed by atoms with Crippen LogP contribution in [0.1, 0.15) is 5.69 Å². The van der Waals surface area contributed by atoms with E-state index < -0.39 is 0 Å². The Morgan fingerprint density at radius 2 is 1.65 bits per heavy atom. The second-order valence-corrected chi connectivity index (χ2v) is 5.26. The molecule has 0 aliphatic carbocycles. The Balaban J connectivity index is 1.83. The van der Waals surface area contributed by atoms with Gasteiger partial charge in [0.15, 0.2) is 11.5 Å². The number of hydrogen-bond donors (Lipinski definition) is 1. The van der Waals surface area contributed by atoms with Gasteiger partial charge in [-0.15, -0.1) is 10.2 Å². The van der Waals surface area contributed by atoms with E-state index in [4.69, 9.17) is 15.3 Å². The number of nitrogens with two attached hydrogens (primary N) is 1. The van der Waals surface area contributed by atoms with Gasteiger partial charge in [-0.05, 0) is 37.3 Å². The molecule has 4 rings (SSSR count). The van der Waals surface area contributed by atoms with Crippen LogP contribution in [-0.2, 0) is 0 Å². The summed E-state index contributed by atoms with van der Waals surface area (Å²) in [5.41, 5.74) is 4.08. The van der Waals surface area contributed by atoms with E-state index in [0.29, 0.717) is 30.4 Å². The molecule has 0 atom stereocenters. The number of aromatic nitrogens is 4. The van der Waals surface area contributed by atoms with Crippen molar-refractivity contribution in [3.63, 3.8) is 0 Å². The van der Waals surface area contributed by atoms with Gasteiger partial charge in [0.05, 0.1) is 0 Å². The molecule has 1 aromatic carbocycles. The molecule has 1 aliphatic rings. The molecule has 1 aliphatic heterocycles. The maximum absolute atomic E-state index is 5.75. The molecule has 0 radical (unpaired) electrons. The van der Waals surface area contributed by atoms with Gasteiger partial charge in [-0.1, -0.05) is 4.91 Å². The lowest BCUT2D eigenvalue weighted by Crippen LogP contribution is -2.15. The van der Waals surface area contributed by atoms with E-state index >= 15 is 0 Å². The lowest BCUT2D eigenvalue weighted by molar-refractivity contribution is 0.171. The molecule has 0 saturated heterocycles. The van der Waals surface area contributed by atoms with Crippen LogP contribution >= 0.6 is 0 Å². The summed E-state index contributed by atoms with van der Waals surface area (Å²) in [6.45, 7) is 3.03. The highest BCUT2D eigenvalue weighted by Gasteiger charge is 2.18. The minimum absolute atomic E-state index is 0.538. The van der Waals surface area contributed by atoms with Crippen LogP contribution < -0.4 is 15.3 Å². The fourth-order valence-electron chi connectivity index (χ4n) is 2.59. The van der Waals surface area contributed by atoms with Gasteiger partial charge < -0.3 is 15.3 Å². The first-order valence-corrected chi connectivity index (χ1v) is 7.26. The van der Waals surface area contributed by atoms with Crippen molar-refractivity contribution in [2.45, 2.75) is 6.92 Å². The predicted octanol–water partition coefficient (Wildman–Crippen LogP) is 1.80. The lowest BCUT2D eigenvalue weighted by Gasteiger charge is -2.18. The SMILES string of the molecule is Cc1cc(-c2nn(N)nc2-c2ccc3c(c2)OCCO3)ccn1. The third kappa shape index (κ3) is 2.46. The zero-order valence-electron chi connectivity index (χ0n) is 12.6. The maximum Gasteiger partial charge on any atom is 0.162 e. The summed E-state index contributed by atoms with van der Waals surface area (Å²) in [5, 5.41) is 8.60. The van der Waals surface area contributed by atoms with Crippen LogP contribution in [0.5, 0.6) is 11.5 Å². The highest BCUT2D eigenvalue weighted by Crippen LogP contribution is 2.36. The average Bonchev–Trinajstić information content (AvgIpc) is 2.96. The summed E-state index contributed by atoms with van der Waals surface area (Å²) >= 11 is 0. The van der Waals surface area contributed by atoms with E-state index in [1.807, 2.05) is 37.3 Å². The van der Waals surface area contributed by atoms with Gasteiger partial charge in [-0.25, -0.2) is 0 Å². The summed E-state index contributed by atoms with van der Waals surface area (Å²) in [6, 6.07) is 9.54. The second-order valence-electron chi connectivity index (χ2n) is 5.26. The van der Waals surface area contributed by atoms with Crippen LogP contribution in [0.15, 0.2) is 36.5 Å². The number of rotatable bonds is 2. The molecule has 3 aromatic rings. The molecular formula is C16H15N5O2. The summed E-state index contributed by atoms with van der Waals surface area (Å²) in [6.07, 6.45) is 1.74. The van der Waals surface area contributed by atoms with Crippen molar-refractivity contribution in [1.29, 1.82) is 0 Å². The molecule has 2 aromatic heterocycles. The monoisotopic (exact) mass is 309 g/mol. The fraction of sp³-hybridized carbons (Fsp3) is 0.188. The molecular weight excluding hydrogens is 294 g/mol. The number of aryl methyl sites for hydroxylation is 1. The summed E-state index contributed by atoms with van der Waals surface area (Å²) in [5.74, 6) is 7.20. The number of ether oxygens (including phenoxy) is 2. The fourth-order valence-corrected chi connectivity index (χ4v) is 2.59. The molecule has 2 N–H and O–H groups in total. The average molecular weight is 309 g/mol. The Morgan fingerprint density at radius 3 is 2.39 bits per heavy atom. The molecule has 7 heteroatoms. The van der Waals surface area contributed by atoms with E-state index in [2.05, 4.69) is 15.2 Å². The zero-order chi connectivity index (χ0) is 15.8. The van der Waals surface area contributed by atoms with Gasteiger partial charge in [-0.3, -0.25) is 4.98 Å². The van der Waals surface area contributed by atoms with Crippen LogP contribution in [0.2, 0.25) is 0 Å². The molecule has 23 heavy (non-hydrogen) atoms. The summed E-state index contributed by atoms with van der Waals surface area (Å²) in [4.78, 5) is 5.29. The van der Waals surface area contributed by atoms with Gasteiger partial charge in [0, 0.05) is 23.0 Å². The number of pyridine rings is 1. The quantitative estimate of drug-likeness (QED) is 0.726. The highest BCUT2D eigenvalue weighted by atomic mass is 16.6. The molecule has 0 unspecified atom stereocenters. The molecule has 0 fully saturated rings. The number of fused-ring (bicyclic) bond motifs is 1. The van der Waals surface area contributed by atoms with E-state index in [9.17, 15) is 0 Å². The second kappa shape index (κ2) is 5.28. The summed E-state index contributed by atoms with van der Waals surface area (Å²) in [7, 11) is 0. The molecule has 116 valence electrons. The van der Waals surface area contributed by atoms with Crippen molar-refractivity contribution >= 4 is 0 Å². The van der Waals surface area contributed by atoms with Gasteiger partial charge in [0.25, 0.3) is 0 Å². The van der Waals surface area contributed by atoms with E-state index in [1.54, 1.807) is 6.20 Å². The van der Waals surface area contributed by atoms with Gasteiger partial charge in [0.2, 0.25) is 0 Å². The number of benzene rings is 1. The standard InChI is InChI=1S/C16H15N5O2/c1-10-8-12(4-5-18-10)16-15(19-21(17)20-16)11-2-3-13-14(9-11)23-7-6-22-13/h2-5,8-9H,6-7,17H2,1H3. The van der Waals surface area contributed by atoms with Crippen LogP contribution in [0.4, 0.5) is 0 Å². The Hall–Kier alpha value is -3.09. The smallest absolute Gasteiger partial charge is 0.162 e. The third-order valence-corrected chi connectivity index (χ3v) is 3.61. The minimum atomic E-state index is 0.538. The van der Waals surface area contributed by atoms with Crippen LogP contribution in [0, 0.1) is 6.92 Å². The molecule has 0 spiro atoms. The topological polar surface area (TPSA) is 88.1 Å². The van der Waals surface area contributed by atoms with Crippen LogP contribution in [-0.4, -0.2) is 33.3 Å². The van der Waals surface area contributed by atoms with E-state index in [1.165, 1.54) is 0 Å². The Morgan fingerprint density at radius 1 is 0.957 bits per heavy atom. The van der Waals surface area contributed by atoms with Crippen molar-refractivity contribution in [2.24, 2.45) is 0 Å². The Labute approximate surface area is 132 Å². The minimum Gasteiger partial charge on any atom is -0.486 e. The molecule has 0 amide bonds. The third-order valence-electron chi connectivity index (χ3n) is 3.61. The zero-order valence-corrected chi connectivity index (χ0v) is 12.6. The first-order valence-electron chi connectivity index (χ1n) is 7.26. The maximum atomic E-state index is 5.75. The van der Waals surface area contributed by atoms with Crippen LogP contribution in [0.3, 0.4) is 0 Å². The van der Waals surface area contributed by atoms with E-state index in [0.717, 1.165) is 27.5 Å². The van der Waals surface area contributed by atoms with Crippen molar-refractivity contribution in [2.75, 3.05) is 19.1 Å². The van der Waals surface area contributed by atoms with Crippen molar-refractivity contribution in [3.8, 4) is 34.0 Å². The first-order chi connectivity index (χ1) is 11.2. The van der Waals surface area contributed by atoms with Gasteiger partial charge in [0.1, 0.15) is 24.6 Å². The van der Waals surface area contributed by atoms with Crippen molar-refractivity contribution in [1.82, 2.24) is 20.1 Å². The largest absolute Gasteiger partial charge is 0.486 e. The van der Waals surface area contributed by atoms with E-state index in [-0.39, 0.29) is 0 Å². The Kier molecular flexibility index (Phi) is 3.11. The number of nitrogen functional groups attached to an aromatic ring is 1. The van der Waals surface area contributed by atoms with Gasteiger partial charge in [-0.2, -0.15) is 0 Å². The Bertz CT molecular complexity index is 875. The number of nitrogens with zero attached hydrogens (tertiary/aromatic N) is 4. The molecule has 0 bridgehead atoms. The predicted molar refractivity (Wildman–Crippen MR) is 84.6 cm³/mol. The summed E-state index contributed by atoms with van der Waals surface area (Å²) < 4.78 is 11.2. The first kappa shape index (κ1) is 13.6. The van der Waals surface area contributed by atoms with Crippen LogP contribution in [0.25, 0.3) is 22.5 Å². The van der Waals surface area contributed by atoms with Gasteiger partial charge >= 0.3 is 0 Å². The molecule has 3 heterocycles. The number of hydrogen-bond acceptors (Lipinski definition) is 6.